The van der Waals surface area contributed by atoms with Crippen LogP contribution >= 0.6 is 0 Å². The third-order valence-electron chi connectivity index (χ3n) is 3.96. The van der Waals surface area contributed by atoms with Gasteiger partial charge in [0.1, 0.15) is 18.1 Å². The van der Waals surface area contributed by atoms with Crippen molar-refractivity contribution in [3.8, 4) is 17.2 Å². The Bertz CT molecular complexity index is 1100. The molecular formula is C17H10F2N2O5. The van der Waals surface area contributed by atoms with Gasteiger partial charge in [0.25, 0.3) is 5.56 Å². The standard InChI is InChI=1S/C17H10F2N2O5/c18-17(19)25-14-4-2-9(5-15(14)26-17)13(8-22)21-16(24)12-6-11(23)3-1-10(12)7-20-21/h1-8,13,23H. The molecule has 7 nitrogen and oxygen atoms in total. The molecule has 3 aromatic rings. The molecule has 0 fully saturated rings. The summed E-state index contributed by atoms with van der Waals surface area (Å²) >= 11 is 0. The first kappa shape index (κ1) is 16.0. The Morgan fingerprint density at radius 3 is 2.69 bits per heavy atom. The summed E-state index contributed by atoms with van der Waals surface area (Å²) in [5.74, 6) is -0.529. The van der Waals surface area contributed by atoms with E-state index in [-0.39, 0.29) is 28.2 Å². The van der Waals surface area contributed by atoms with E-state index in [0.717, 1.165) is 4.68 Å². The lowest BCUT2D eigenvalue weighted by molar-refractivity contribution is -0.286. The molecular weight excluding hydrogens is 350 g/mol. The van der Waals surface area contributed by atoms with E-state index in [9.17, 15) is 23.5 Å². The zero-order chi connectivity index (χ0) is 18.5. The molecule has 0 amide bonds. The van der Waals surface area contributed by atoms with E-state index in [1.165, 1.54) is 42.6 Å². The summed E-state index contributed by atoms with van der Waals surface area (Å²) in [6.45, 7) is 0. The molecule has 9 heteroatoms. The highest BCUT2D eigenvalue weighted by atomic mass is 19.3. The molecule has 26 heavy (non-hydrogen) atoms. The topological polar surface area (TPSA) is 90.7 Å². The molecule has 4 rings (SSSR count). The van der Waals surface area contributed by atoms with Crippen molar-refractivity contribution >= 4 is 17.1 Å². The number of carbonyl (C=O) groups is 1. The molecule has 1 N–H and O–H groups in total. The van der Waals surface area contributed by atoms with Crippen LogP contribution in [0.4, 0.5) is 8.78 Å². The van der Waals surface area contributed by atoms with E-state index in [4.69, 9.17) is 0 Å². The van der Waals surface area contributed by atoms with Gasteiger partial charge >= 0.3 is 6.29 Å². The highest BCUT2D eigenvalue weighted by molar-refractivity contribution is 5.82. The lowest BCUT2D eigenvalue weighted by Crippen LogP contribution is -2.28. The number of phenolic OH excluding ortho intramolecular Hbond substituents is 1. The fraction of sp³-hybridized carbons (Fsp3) is 0.118. The van der Waals surface area contributed by atoms with Gasteiger partial charge < -0.3 is 19.4 Å². The van der Waals surface area contributed by atoms with Crippen molar-refractivity contribution in [1.29, 1.82) is 0 Å². The quantitative estimate of drug-likeness (QED) is 0.720. The number of fused-ring (bicyclic) bond motifs is 2. The third-order valence-corrected chi connectivity index (χ3v) is 3.96. The fourth-order valence-electron chi connectivity index (χ4n) is 2.77. The molecule has 0 aliphatic carbocycles. The number of aldehydes is 1. The maximum atomic E-state index is 13.1. The highest BCUT2D eigenvalue weighted by Crippen LogP contribution is 2.42. The van der Waals surface area contributed by atoms with Crippen LogP contribution in [0.3, 0.4) is 0 Å². The predicted octanol–water partition coefficient (Wildman–Crippen LogP) is 2.21. The van der Waals surface area contributed by atoms with E-state index >= 15 is 0 Å². The van der Waals surface area contributed by atoms with Gasteiger partial charge in [-0.05, 0) is 35.9 Å². The number of rotatable bonds is 3. The second-order valence-electron chi connectivity index (χ2n) is 5.62. The number of nitrogens with zero attached hydrogens (tertiary/aromatic N) is 2. The van der Waals surface area contributed by atoms with Crippen molar-refractivity contribution in [3.63, 3.8) is 0 Å². The van der Waals surface area contributed by atoms with Gasteiger partial charge in [0.15, 0.2) is 11.5 Å². The van der Waals surface area contributed by atoms with Crippen LogP contribution in [0.1, 0.15) is 11.6 Å². The molecule has 1 unspecified atom stereocenters. The number of benzene rings is 2. The van der Waals surface area contributed by atoms with E-state index in [2.05, 4.69) is 14.6 Å². The summed E-state index contributed by atoms with van der Waals surface area (Å²) in [6, 6.07) is 6.79. The summed E-state index contributed by atoms with van der Waals surface area (Å²) in [4.78, 5) is 24.3. The monoisotopic (exact) mass is 360 g/mol. The fourth-order valence-corrected chi connectivity index (χ4v) is 2.77. The second-order valence-corrected chi connectivity index (χ2v) is 5.62. The molecule has 2 aromatic carbocycles. The van der Waals surface area contributed by atoms with Gasteiger partial charge in [-0.15, -0.1) is 8.78 Å². The summed E-state index contributed by atoms with van der Waals surface area (Å²) in [7, 11) is 0. The van der Waals surface area contributed by atoms with Crippen LogP contribution in [0.25, 0.3) is 10.8 Å². The zero-order valence-electron chi connectivity index (χ0n) is 12.9. The number of ether oxygens (including phenoxy) is 2. The molecule has 132 valence electrons. The molecule has 0 radical (unpaired) electrons. The van der Waals surface area contributed by atoms with Crippen LogP contribution in [-0.4, -0.2) is 27.5 Å². The number of phenols is 1. The summed E-state index contributed by atoms with van der Waals surface area (Å²) in [6.07, 6.45) is -1.96. The molecule has 2 heterocycles. The average Bonchev–Trinajstić information content (AvgIpc) is 2.91. The molecule has 1 atom stereocenters. The van der Waals surface area contributed by atoms with Crippen molar-refractivity contribution in [1.82, 2.24) is 9.78 Å². The van der Waals surface area contributed by atoms with Crippen LogP contribution in [0.5, 0.6) is 17.2 Å². The van der Waals surface area contributed by atoms with Gasteiger partial charge in [0.2, 0.25) is 0 Å². The van der Waals surface area contributed by atoms with Crippen LogP contribution in [0.15, 0.2) is 47.4 Å². The lowest BCUT2D eigenvalue weighted by Gasteiger charge is -2.14. The zero-order valence-corrected chi connectivity index (χ0v) is 12.9. The minimum absolute atomic E-state index is 0.111. The maximum absolute atomic E-state index is 13.1. The Morgan fingerprint density at radius 2 is 1.92 bits per heavy atom. The largest absolute Gasteiger partial charge is 0.586 e. The van der Waals surface area contributed by atoms with Crippen LogP contribution in [-0.2, 0) is 4.79 Å². The number of hydrogen-bond donors (Lipinski definition) is 1. The average molecular weight is 360 g/mol. The molecule has 0 saturated carbocycles. The lowest BCUT2D eigenvalue weighted by atomic mass is 10.1. The van der Waals surface area contributed by atoms with Gasteiger partial charge in [-0.1, -0.05) is 6.07 Å². The number of hydrogen-bond acceptors (Lipinski definition) is 6. The molecule has 1 aliphatic heterocycles. The van der Waals surface area contributed by atoms with Crippen LogP contribution in [0, 0.1) is 0 Å². The summed E-state index contributed by atoms with van der Waals surface area (Å²) in [5, 5.41) is 14.2. The van der Waals surface area contributed by atoms with Crippen molar-refractivity contribution in [2.75, 3.05) is 0 Å². The number of carbonyl (C=O) groups excluding carboxylic acids is 1. The van der Waals surface area contributed by atoms with Crippen molar-refractivity contribution in [3.05, 3.63) is 58.5 Å². The van der Waals surface area contributed by atoms with Crippen molar-refractivity contribution in [2.24, 2.45) is 0 Å². The summed E-state index contributed by atoms with van der Waals surface area (Å²) in [5.41, 5.74) is -0.396. The van der Waals surface area contributed by atoms with Gasteiger partial charge in [0, 0.05) is 5.39 Å². The molecule has 0 spiro atoms. The Balaban J connectivity index is 1.82. The van der Waals surface area contributed by atoms with Gasteiger partial charge in [0.05, 0.1) is 11.6 Å². The Morgan fingerprint density at radius 1 is 1.15 bits per heavy atom. The van der Waals surface area contributed by atoms with Crippen molar-refractivity contribution < 1.29 is 28.2 Å². The van der Waals surface area contributed by atoms with Crippen LogP contribution < -0.4 is 15.0 Å². The Kier molecular flexibility index (Phi) is 3.39. The van der Waals surface area contributed by atoms with Gasteiger partial charge in [-0.3, -0.25) is 4.79 Å². The third kappa shape index (κ3) is 2.53. The Hall–Kier alpha value is -3.49. The molecule has 1 aromatic heterocycles. The molecule has 1 aliphatic rings. The first-order chi connectivity index (χ1) is 12.4. The highest BCUT2D eigenvalue weighted by Gasteiger charge is 2.43. The molecule has 0 bridgehead atoms. The van der Waals surface area contributed by atoms with Gasteiger partial charge in [-0.25, -0.2) is 4.68 Å². The number of halogens is 2. The molecule has 0 saturated heterocycles. The number of aromatic hydroxyl groups is 1. The van der Waals surface area contributed by atoms with E-state index in [1.807, 2.05) is 0 Å². The number of alkyl halides is 2. The van der Waals surface area contributed by atoms with Crippen molar-refractivity contribution in [2.45, 2.75) is 12.3 Å². The predicted molar refractivity (Wildman–Crippen MR) is 84.5 cm³/mol. The first-order valence-corrected chi connectivity index (χ1v) is 7.43. The maximum Gasteiger partial charge on any atom is 0.586 e. The number of aromatic nitrogens is 2. The minimum Gasteiger partial charge on any atom is -0.508 e. The summed E-state index contributed by atoms with van der Waals surface area (Å²) < 4.78 is 35.9. The van der Waals surface area contributed by atoms with E-state index in [1.54, 1.807) is 0 Å². The normalized spacial score (nSPS) is 15.8. The van der Waals surface area contributed by atoms with E-state index < -0.39 is 17.9 Å². The smallest absolute Gasteiger partial charge is 0.508 e. The SMILES string of the molecule is O=CC(c1ccc2c(c1)OC(F)(F)O2)n1ncc2ccc(O)cc2c1=O. The van der Waals surface area contributed by atoms with Crippen LogP contribution in [0.2, 0.25) is 0 Å². The van der Waals surface area contributed by atoms with Gasteiger partial charge in [-0.2, -0.15) is 5.10 Å². The second kappa shape index (κ2) is 5.51. The first-order valence-electron chi connectivity index (χ1n) is 7.43. The van der Waals surface area contributed by atoms with E-state index in [0.29, 0.717) is 11.7 Å². The Labute approximate surface area is 144 Å². The minimum atomic E-state index is -3.78.